The van der Waals surface area contributed by atoms with Gasteiger partial charge in [0.05, 0.1) is 33.4 Å². The summed E-state index contributed by atoms with van der Waals surface area (Å²) in [5.74, 6) is -6.78. The van der Waals surface area contributed by atoms with Gasteiger partial charge in [0.25, 0.3) is 5.91 Å². The summed E-state index contributed by atoms with van der Waals surface area (Å²) in [6.07, 6.45) is -0.610. The fraction of sp³-hybridized carbons (Fsp3) is 0.481. The van der Waals surface area contributed by atoms with E-state index < -0.39 is 62.0 Å². The van der Waals surface area contributed by atoms with Gasteiger partial charge in [-0.2, -0.15) is 0 Å². The number of fused-ring (bicyclic) bond motifs is 2. The van der Waals surface area contributed by atoms with Gasteiger partial charge >= 0.3 is 0 Å². The van der Waals surface area contributed by atoms with Gasteiger partial charge in [-0.25, -0.2) is 21.6 Å². The number of aliphatic hydroxyl groups is 2. The van der Waals surface area contributed by atoms with Crippen LogP contribution < -0.4 is 5.32 Å². The number of benzene rings is 2. The van der Waals surface area contributed by atoms with Crippen LogP contribution in [0.5, 0.6) is 0 Å². The number of halogens is 4. The van der Waals surface area contributed by atoms with Gasteiger partial charge in [0.2, 0.25) is 5.91 Å². The molecule has 0 spiro atoms. The molecule has 0 radical (unpaired) electrons. The first-order chi connectivity index (χ1) is 18.6. The highest BCUT2D eigenvalue weighted by atomic mass is 35.5. The van der Waals surface area contributed by atoms with Crippen LogP contribution in [0, 0.1) is 35.2 Å². The van der Waals surface area contributed by atoms with Crippen molar-refractivity contribution in [1.82, 2.24) is 4.90 Å². The van der Waals surface area contributed by atoms with Crippen molar-refractivity contribution in [2.24, 2.45) is 17.8 Å². The Morgan fingerprint density at radius 3 is 2.25 bits per heavy atom. The lowest BCUT2D eigenvalue weighted by atomic mass is 9.47. The number of carbonyl (C=O) groups is 2. The summed E-state index contributed by atoms with van der Waals surface area (Å²) in [6.45, 7) is 4.79. The van der Waals surface area contributed by atoms with E-state index in [9.17, 15) is 41.4 Å². The van der Waals surface area contributed by atoms with E-state index in [2.05, 4.69) is 5.32 Å². The number of amides is 2. The Labute approximate surface area is 235 Å². The number of rotatable bonds is 8. The molecule has 0 heterocycles. The SMILES string of the molecule is CC(=O)N(C[C@@H](C)O)CC1(O)C2CC(S(=O)(=O)c3cc(C(=O)Nc4cc(F)c(F)c(F)c4)ccc3Cl)CC1C2C. The normalized spacial score (nSPS) is 26.5. The van der Waals surface area contributed by atoms with E-state index in [1.807, 2.05) is 6.92 Å². The Morgan fingerprint density at radius 1 is 1.15 bits per heavy atom. The van der Waals surface area contributed by atoms with Crippen molar-refractivity contribution in [3.05, 3.63) is 58.4 Å². The topological polar surface area (TPSA) is 124 Å². The highest BCUT2D eigenvalue weighted by Crippen LogP contribution is 2.59. The molecular weight excluding hydrogens is 573 g/mol. The molecule has 2 aromatic carbocycles. The molecule has 0 aliphatic heterocycles. The lowest BCUT2D eigenvalue weighted by Crippen LogP contribution is -2.71. The molecule has 3 fully saturated rings. The van der Waals surface area contributed by atoms with E-state index in [0.29, 0.717) is 12.1 Å². The maximum atomic E-state index is 13.7. The smallest absolute Gasteiger partial charge is 0.255 e. The number of hydrogen-bond acceptors (Lipinski definition) is 6. The summed E-state index contributed by atoms with van der Waals surface area (Å²) >= 11 is 6.24. The van der Waals surface area contributed by atoms with Crippen molar-refractivity contribution in [1.29, 1.82) is 0 Å². The monoisotopic (exact) mass is 602 g/mol. The molecule has 13 heteroatoms. The zero-order valence-corrected chi connectivity index (χ0v) is 23.6. The summed E-state index contributed by atoms with van der Waals surface area (Å²) in [6, 6.07) is 4.71. The zero-order valence-electron chi connectivity index (χ0n) is 22.0. The predicted molar refractivity (Wildman–Crippen MR) is 141 cm³/mol. The van der Waals surface area contributed by atoms with E-state index in [4.69, 9.17) is 11.6 Å². The van der Waals surface area contributed by atoms with Crippen molar-refractivity contribution in [3.8, 4) is 0 Å². The van der Waals surface area contributed by atoms with Crippen molar-refractivity contribution in [2.45, 2.75) is 55.5 Å². The van der Waals surface area contributed by atoms with E-state index in [0.717, 1.165) is 6.07 Å². The lowest BCUT2D eigenvalue weighted by Gasteiger charge is -2.63. The van der Waals surface area contributed by atoms with Crippen LogP contribution in [0.1, 0.15) is 44.0 Å². The molecule has 218 valence electrons. The summed E-state index contributed by atoms with van der Waals surface area (Å²) in [7, 11) is -4.09. The van der Waals surface area contributed by atoms with Gasteiger partial charge in [-0.05, 0) is 55.7 Å². The van der Waals surface area contributed by atoms with Crippen LogP contribution in [0.4, 0.5) is 18.9 Å². The third-order valence-electron chi connectivity index (χ3n) is 8.14. The molecule has 0 aromatic heterocycles. The maximum absolute atomic E-state index is 13.7. The molecule has 3 N–H and O–H groups in total. The molecule has 0 saturated heterocycles. The Morgan fingerprint density at radius 2 is 1.73 bits per heavy atom. The molecule has 5 rings (SSSR count). The molecule has 3 aliphatic carbocycles. The van der Waals surface area contributed by atoms with Gasteiger partial charge in [0.15, 0.2) is 27.3 Å². The highest BCUT2D eigenvalue weighted by molar-refractivity contribution is 7.92. The maximum Gasteiger partial charge on any atom is 0.255 e. The minimum absolute atomic E-state index is 0.000826. The summed E-state index contributed by atoms with van der Waals surface area (Å²) < 4.78 is 67.7. The molecule has 2 aromatic rings. The molecule has 2 amide bonds. The Kier molecular flexibility index (Phi) is 8.30. The second-order valence-electron chi connectivity index (χ2n) is 10.8. The Balaban J connectivity index is 1.55. The summed E-state index contributed by atoms with van der Waals surface area (Å²) in [5, 5.41) is 22.4. The van der Waals surface area contributed by atoms with Crippen LogP contribution in [0.3, 0.4) is 0 Å². The van der Waals surface area contributed by atoms with Crippen LogP contribution in [-0.4, -0.2) is 65.4 Å². The van der Waals surface area contributed by atoms with Crippen LogP contribution in [0.2, 0.25) is 5.02 Å². The van der Waals surface area contributed by atoms with Gasteiger partial charge in [-0.1, -0.05) is 18.5 Å². The van der Waals surface area contributed by atoms with E-state index in [1.165, 1.54) is 30.9 Å². The van der Waals surface area contributed by atoms with Gasteiger partial charge in [-0.15, -0.1) is 0 Å². The zero-order chi connectivity index (χ0) is 29.7. The minimum atomic E-state index is -4.09. The fourth-order valence-corrected chi connectivity index (χ4v) is 8.49. The summed E-state index contributed by atoms with van der Waals surface area (Å²) in [4.78, 5) is 25.9. The third-order valence-corrected chi connectivity index (χ3v) is 10.8. The highest BCUT2D eigenvalue weighted by Gasteiger charge is 2.64. The number of nitrogens with zero attached hydrogens (tertiary/aromatic N) is 1. The Hall–Kier alpha value is -2.67. The van der Waals surface area contributed by atoms with Gasteiger partial charge in [-0.3, -0.25) is 9.59 Å². The molecule has 3 aliphatic rings. The second-order valence-corrected chi connectivity index (χ2v) is 13.4. The first-order valence-corrected chi connectivity index (χ1v) is 14.6. The number of carbonyl (C=O) groups excluding carboxylic acids is 2. The van der Waals surface area contributed by atoms with Gasteiger partial charge in [0, 0.05) is 36.9 Å². The molecule has 3 atom stereocenters. The number of anilines is 1. The standard InChI is InChI=1S/C27H30ClF3N2O6S/c1-13(34)11-33(15(3)35)12-27(37)19-9-18(10-20(27)14(19)2)40(38,39)24-6-16(4-5-21(24)28)26(36)32-17-7-22(29)25(31)23(30)8-17/h4-8,13-14,18-20,34,37H,9-12H2,1-3H3,(H,32,36)/t13-,14?,18?,19?,20?,27?/m1/s1. The number of nitrogens with one attached hydrogen (secondary N) is 1. The largest absolute Gasteiger partial charge is 0.392 e. The Bertz CT molecular complexity index is 1420. The molecule has 2 unspecified atom stereocenters. The lowest BCUT2D eigenvalue weighted by molar-refractivity contribution is -0.225. The summed E-state index contributed by atoms with van der Waals surface area (Å²) in [5.41, 5.74) is -1.83. The van der Waals surface area contributed by atoms with Crippen LogP contribution in [0.25, 0.3) is 0 Å². The average molecular weight is 603 g/mol. The van der Waals surface area contributed by atoms with Crippen molar-refractivity contribution in [2.75, 3.05) is 18.4 Å². The van der Waals surface area contributed by atoms with Crippen LogP contribution >= 0.6 is 11.6 Å². The average Bonchev–Trinajstić information content (AvgIpc) is 2.87. The quantitative estimate of drug-likeness (QED) is 0.395. The predicted octanol–water partition coefficient (Wildman–Crippen LogP) is 3.79. The van der Waals surface area contributed by atoms with E-state index >= 15 is 0 Å². The van der Waals surface area contributed by atoms with Crippen LogP contribution in [0.15, 0.2) is 35.2 Å². The van der Waals surface area contributed by atoms with Crippen molar-refractivity contribution >= 4 is 38.9 Å². The van der Waals surface area contributed by atoms with E-state index in [1.54, 1.807) is 0 Å². The molecule has 2 bridgehead atoms. The minimum Gasteiger partial charge on any atom is -0.392 e. The second kappa shape index (κ2) is 11.0. The molecular formula is C27H30ClF3N2O6S. The molecule has 3 saturated carbocycles. The van der Waals surface area contributed by atoms with E-state index in [-0.39, 0.29) is 58.9 Å². The number of hydrogen-bond donors (Lipinski definition) is 3. The van der Waals surface area contributed by atoms with Crippen LogP contribution in [-0.2, 0) is 14.6 Å². The molecule has 40 heavy (non-hydrogen) atoms. The van der Waals surface area contributed by atoms with Gasteiger partial charge in [0.1, 0.15) is 0 Å². The van der Waals surface area contributed by atoms with Gasteiger partial charge < -0.3 is 20.4 Å². The third kappa shape index (κ3) is 5.46. The number of sulfone groups is 1. The van der Waals surface area contributed by atoms with Crippen molar-refractivity contribution < 1.29 is 41.4 Å². The first-order valence-electron chi connectivity index (χ1n) is 12.7. The number of aliphatic hydroxyl groups excluding tert-OH is 1. The van der Waals surface area contributed by atoms with Crippen molar-refractivity contribution in [3.63, 3.8) is 0 Å². The first kappa shape index (κ1) is 30.3. The fourth-order valence-electron chi connectivity index (χ4n) is 6.14. The molecule has 8 nitrogen and oxygen atoms in total.